The predicted octanol–water partition coefficient (Wildman–Crippen LogP) is 3.72. The van der Waals surface area contributed by atoms with Crippen molar-refractivity contribution >= 4 is 5.69 Å². The summed E-state index contributed by atoms with van der Waals surface area (Å²) in [5.74, 6) is 1.52. The van der Waals surface area contributed by atoms with Crippen LogP contribution in [-0.4, -0.2) is 61.7 Å². The Bertz CT molecular complexity index is 613. The van der Waals surface area contributed by atoms with E-state index in [0.717, 1.165) is 24.4 Å². The normalized spacial score (nSPS) is 32.9. The van der Waals surface area contributed by atoms with E-state index < -0.39 is 0 Å². The van der Waals surface area contributed by atoms with Crippen molar-refractivity contribution in [1.82, 2.24) is 9.80 Å². The summed E-state index contributed by atoms with van der Waals surface area (Å²) in [7, 11) is 2.31. The average molecular weight is 342 g/mol. The fourth-order valence-electron chi connectivity index (χ4n) is 5.73. The van der Waals surface area contributed by atoms with Gasteiger partial charge in [0.05, 0.1) is 0 Å². The van der Waals surface area contributed by atoms with E-state index in [-0.39, 0.29) is 0 Å². The number of aryl methyl sites for hydroxylation is 1. The molecule has 0 aliphatic carbocycles. The quantitative estimate of drug-likeness (QED) is 0.826. The van der Waals surface area contributed by atoms with Gasteiger partial charge in [-0.2, -0.15) is 0 Å². The Morgan fingerprint density at radius 1 is 1.20 bits per heavy atom. The first-order valence-corrected chi connectivity index (χ1v) is 10.4. The summed E-state index contributed by atoms with van der Waals surface area (Å²) in [6.45, 7) is 13.2. The van der Waals surface area contributed by atoms with E-state index >= 15 is 0 Å². The van der Waals surface area contributed by atoms with Gasteiger partial charge in [0.2, 0.25) is 0 Å². The maximum absolute atomic E-state index is 2.77. The molecule has 4 rings (SSSR count). The molecule has 4 unspecified atom stereocenters. The van der Waals surface area contributed by atoms with Crippen LogP contribution >= 0.6 is 0 Å². The molecule has 2 fully saturated rings. The van der Waals surface area contributed by atoms with Crippen LogP contribution in [0.25, 0.3) is 0 Å². The Kier molecular flexibility index (Phi) is 4.81. The van der Waals surface area contributed by atoms with E-state index in [4.69, 9.17) is 0 Å². The van der Waals surface area contributed by atoms with E-state index in [2.05, 4.69) is 60.7 Å². The smallest absolute Gasteiger partial charge is 0.0404 e. The summed E-state index contributed by atoms with van der Waals surface area (Å²) in [6, 6.07) is 8.61. The minimum absolute atomic E-state index is 0.657. The summed E-state index contributed by atoms with van der Waals surface area (Å²) < 4.78 is 0. The number of benzene rings is 1. The van der Waals surface area contributed by atoms with Gasteiger partial charge in [-0.15, -0.1) is 0 Å². The van der Waals surface area contributed by atoms with E-state index in [9.17, 15) is 0 Å². The average Bonchev–Trinajstić information content (AvgIpc) is 3.20. The third-order valence-electron chi connectivity index (χ3n) is 7.23. The molecule has 3 aliphatic rings. The van der Waals surface area contributed by atoms with Crippen molar-refractivity contribution in [1.29, 1.82) is 0 Å². The van der Waals surface area contributed by atoms with Crippen LogP contribution in [-0.2, 0) is 0 Å². The Hall–Kier alpha value is -1.06. The number of rotatable bonds is 4. The van der Waals surface area contributed by atoms with Gasteiger partial charge in [-0.05, 0) is 77.7 Å². The molecule has 3 aliphatic heterocycles. The zero-order chi connectivity index (χ0) is 17.6. The van der Waals surface area contributed by atoms with Gasteiger partial charge >= 0.3 is 0 Å². The van der Waals surface area contributed by atoms with Crippen LogP contribution in [0.2, 0.25) is 0 Å². The molecule has 0 bridgehead atoms. The molecule has 1 aromatic carbocycles. The van der Waals surface area contributed by atoms with Crippen LogP contribution in [0.3, 0.4) is 0 Å². The lowest BCUT2D eigenvalue weighted by atomic mass is 9.78. The van der Waals surface area contributed by atoms with E-state index in [1.807, 2.05) is 0 Å². The summed E-state index contributed by atoms with van der Waals surface area (Å²) in [4.78, 5) is 7.98. The molecule has 138 valence electrons. The number of hydrogen-bond acceptors (Lipinski definition) is 3. The minimum atomic E-state index is 0.657. The highest BCUT2D eigenvalue weighted by molar-refractivity contribution is 5.60. The maximum atomic E-state index is 2.77. The summed E-state index contributed by atoms with van der Waals surface area (Å²) in [5, 5.41) is 0. The van der Waals surface area contributed by atoms with Crippen molar-refractivity contribution in [3.8, 4) is 0 Å². The Labute approximate surface area is 154 Å². The third-order valence-corrected chi connectivity index (χ3v) is 7.23. The van der Waals surface area contributed by atoms with Crippen LogP contribution in [0.5, 0.6) is 0 Å². The van der Waals surface area contributed by atoms with Crippen LogP contribution in [0, 0.1) is 12.8 Å². The molecule has 0 saturated carbocycles. The van der Waals surface area contributed by atoms with Gasteiger partial charge in [0.1, 0.15) is 0 Å². The SMILES string of the molecule is CCN1c2ccc(C)cc2C2CN(CCC3CCCN3C)CC2C1C. The summed E-state index contributed by atoms with van der Waals surface area (Å²) in [6.07, 6.45) is 4.14. The van der Waals surface area contributed by atoms with Crippen LogP contribution in [0.1, 0.15) is 50.2 Å². The van der Waals surface area contributed by atoms with Crippen molar-refractivity contribution in [2.24, 2.45) is 5.92 Å². The van der Waals surface area contributed by atoms with Crippen molar-refractivity contribution in [2.75, 3.05) is 44.7 Å². The maximum Gasteiger partial charge on any atom is 0.0404 e. The molecule has 2 saturated heterocycles. The number of anilines is 1. The number of hydrogen-bond donors (Lipinski definition) is 0. The highest BCUT2D eigenvalue weighted by Gasteiger charge is 2.43. The number of nitrogens with zero attached hydrogens (tertiary/aromatic N) is 3. The van der Waals surface area contributed by atoms with Crippen molar-refractivity contribution < 1.29 is 0 Å². The molecule has 1 aromatic rings. The van der Waals surface area contributed by atoms with Gasteiger partial charge in [-0.3, -0.25) is 0 Å². The second-order valence-corrected chi connectivity index (χ2v) is 8.68. The van der Waals surface area contributed by atoms with Crippen LogP contribution < -0.4 is 4.90 Å². The van der Waals surface area contributed by atoms with Crippen LogP contribution in [0.15, 0.2) is 18.2 Å². The third kappa shape index (κ3) is 3.10. The lowest BCUT2D eigenvalue weighted by molar-refractivity contribution is 0.242. The first-order valence-electron chi connectivity index (χ1n) is 10.4. The Morgan fingerprint density at radius 3 is 2.76 bits per heavy atom. The topological polar surface area (TPSA) is 9.72 Å². The lowest BCUT2D eigenvalue weighted by Gasteiger charge is -2.43. The lowest BCUT2D eigenvalue weighted by Crippen LogP contribution is -2.45. The second kappa shape index (κ2) is 6.92. The zero-order valence-electron chi connectivity index (χ0n) is 16.5. The zero-order valence-corrected chi connectivity index (χ0v) is 16.5. The molecule has 0 spiro atoms. The van der Waals surface area contributed by atoms with Crippen molar-refractivity contribution in [3.63, 3.8) is 0 Å². The molecule has 0 N–H and O–H groups in total. The summed E-state index contributed by atoms with van der Waals surface area (Å²) >= 11 is 0. The Balaban J connectivity index is 1.51. The van der Waals surface area contributed by atoms with Gasteiger partial charge in [0.15, 0.2) is 0 Å². The van der Waals surface area contributed by atoms with Gasteiger partial charge < -0.3 is 14.7 Å². The molecule has 4 atom stereocenters. The number of likely N-dealkylation sites (tertiary alicyclic amines) is 2. The molecule has 0 amide bonds. The molecular formula is C22H35N3. The highest BCUT2D eigenvalue weighted by atomic mass is 15.2. The molecule has 0 radical (unpaired) electrons. The standard InChI is InChI=1S/C22H35N3/c1-5-25-17(3)20-14-24(12-10-18-7-6-11-23(18)4)15-21(20)19-13-16(2)8-9-22(19)25/h8-9,13,17-18,20-21H,5-7,10-12,14-15H2,1-4H3. The first kappa shape index (κ1) is 17.4. The summed E-state index contributed by atoms with van der Waals surface area (Å²) in [5.41, 5.74) is 4.53. The van der Waals surface area contributed by atoms with Crippen molar-refractivity contribution in [2.45, 2.75) is 58.0 Å². The Morgan fingerprint density at radius 2 is 2.04 bits per heavy atom. The van der Waals surface area contributed by atoms with Crippen molar-refractivity contribution in [3.05, 3.63) is 29.3 Å². The van der Waals surface area contributed by atoms with Gasteiger partial charge in [-0.25, -0.2) is 0 Å². The van der Waals surface area contributed by atoms with Gasteiger partial charge in [0.25, 0.3) is 0 Å². The molecule has 3 heterocycles. The molecule has 0 aromatic heterocycles. The predicted molar refractivity (Wildman–Crippen MR) is 107 cm³/mol. The largest absolute Gasteiger partial charge is 0.369 e. The minimum Gasteiger partial charge on any atom is -0.369 e. The van der Waals surface area contributed by atoms with Gasteiger partial charge in [-0.1, -0.05) is 17.7 Å². The monoisotopic (exact) mass is 341 g/mol. The first-order chi connectivity index (χ1) is 12.1. The van der Waals surface area contributed by atoms with E-state index in [1.54, 1.807) is 5.56 Å². The molecule has 3 heteroatoms. The fourth-order valence-corrected chi connectivity index (χ4v) is 5.73. The molecule has 25 heavy (non-hydrogen) atoms. The molecular weight excluding hydrogens is 306 g/mol. The fraction of sp³-hybridized carbons (Fsp3) is 0.727. The molecule has 3 nitrogen and oxygen atoms in total. The van der Waals surface area contributed by atoms with Gasteiger partial charge in [0, 0.05) is 43.3 Å². The van der Waals surface area contributed by atoms with Crippen LogP contribution in [0.4, 0.5) is 5.69 Å². The van der Waals surface area contributed by atoms with E-state index in [0.29, 0.717) is 6.04 Å². The highest BCUT2D eigenvalue weighted by Crippen LogP contribution is 2.46. The number of fused-ring (bicyclic) bond motifs is 3. The van der Waals surface area contributed by atoms with E-state index in [1.165, 1.54) is 56.7 Å². The second-order valence-electron chi connectivity index (χ2n) is 8.68.